The number of methoxy groups -OCH3 is 1. The van der Waals surface area contributed by atoms with E-state index in [1.807, 2.05) is 0 Å². The molecule has 104 valence electrons. The van der Waals surface area contributed by atoms with Gasteiger partial charge in [-0.2, -0.15) is 0 Å². The van der Waals surface area contributed by atoms with Gasteiger partial charge in [0, 0.05) is 32.7 Å². The standard InChI is InChI=1S/C14H20FN3O/c1-3-6-18-13-5-4-10(15)7-12(13)17-14(18)8-11(9-16)19-2/h4-5,7,11H,3,6,8-9,16H2,1-2H3. The predicted molar refractivity (Wildman–Crippen MR) is 73.5 cm³/mol. The third-order valence-corrected chi connectivity index (χ3v) is 3.24. The van der Waals surface area contributed by atoms with Gasteiger partial charge in [0.05, 0.1) is 17.1 Å². The van der Waals surface area contributed by atoms with E-state index in [0.717, 1.165) is 24.3 Å². The van der Waals surface area contributed by atoms with Crippen LogP contribution >= 0.6 is 0 Å². The van der Waals surface area contributed by atoms with Crippen molar-refractivity contribution in [1.82, 2.24) is 9.55 Å². The Bertz CT molecular complexity index is 549. The number of benzene rings is 1. The number of aromatic nitrogens is 2. The Kier molecular flexibility index (Phi) is 4.50. The van der Waals surface area contributed by atoms with Gasteiger partial charge in [0.1, 0.15) is 11.6 Å². The Morgan fingerprint density at radius 1 is 1.47 bits per heavy atom. The van der Waals surface area contributed by atoms with E-state index in [2.05, 4.69) is 16.5 Å². The molecule has 5 heteroatoms. The van der Waals surface area contributed by atoms with Gasteiger partial charge >= 0.3 is 0 Å². The zero-order valence-corrected chi connectivity index (χ0v) is 11.4. The van der Waals surface area contributed by atoms with E-state index in [9.17, 15) is 4.39 Å². The Labute approximate surface area is 112 Å². The van der Waals surface area contributed by atoms with Crippen molar-refractivity contribution < 1.29 is 9.13 Å². The minimum Gasteiger partial charge on any atom is -0.380 e. The van der Waals surface area contributed by atoms with E-state index in [-0.39, 0.29) is 11.9 Å². The summed E-state index contributed by atoms with van der Waals surface area (Å²) in [5, 5.41) is 0. The second-order valence-corrected chi connectivity index (χ2v) is 4.61. The van der Waals surface area contributed by atoms with E-state index >= 15 is 0 Å². The van der Waals surface area contributed by atoms with Gasteiger partial charge in [-0.1, -0.05) is 6.92 Å². The molecular formula is C14H20FN3O. The van der Waals surface area contributed by atoms with Crippen molar-refractivity contribution in [2.75, 3.05) is 13.7 Å². The van der Waals surface area contributed by atoms with Crippen LogP contribution in [0, 0.1) is 5.82 Å². The lowest BCUT2D eigenvalue weighted by atomic mass is 10.2. The highest BCUT2D eigenvalue weighted by molar-refractivity contribution is 5.76. The van der Waals surface area contributed by atoms with Crippen LogP contribution in [-0.4, -0.2) is 29.3 Å². The largest absolute Gasteiger partial charge is 0.380 e. The number of aryl methyl sites for hydroxylation is 1. The molecule has 0 aliphatic rings. The number of hydrogen-bond donors (Lipinski definition) is 1. The molecule has 1 aromatic heterocycles. The van der Waals surface area contributed by atoms with Gasteiger partial charge in [0.2, 0.25) is 0 Å². The summed E-state index contributed by atoms with van der Waals surface area (Å²) in [6, 6.07) is 4.72. The summed E-state index contributed by atoms with van der Waals surface area (Å²) in [5.74, 6) is 0.641. The molecule has 0 saturated heterocycles. The minimum atomic E-state index is -0.262. The van der Waals surface area contributed by atoms with Gasteiger partial charge < -0.3 is 15.0 Å². The Hall–Kier alpha value is -1.46. The van der Waals surface area contributed by atoms with Crippen molar-refractivity contribution in [3.05, 3.63) is 29.8 Å². The molecule has 1 heterocycles. The van der Waals surface area contributed by atoms with E-state index in [1.54, 1.807) is 13.2 Å². The van der Waals surface area contributed by atoms with Crippen LogP contribution in [0.25, 0.3) is 11.0 Å². The highest BCUT2D eigenvalue weighted by Gasteiger charge is 2.15. The lowest BCUT2D eigenvalue weighted by molar-refractivity contribution is 0.107. The molecule has 19 heavy (non-hydrogen) atoms. The van der Waals surface area contributed by atoms with Crippen molar-refractivity contribution in [2.45, 2.75) is 32.4 Å². The molecule has 2 N–H and O–H groups in total. The Morgan fingerprint density at radius 2 is 2.26 bits per heavy atom. The van der Waals surface area contributed by atoms with Crippen LogP contribution in [0.5, 0.6) is 0 Å². The number of hydrogen-bond acceptors (Lipinski definition) is 3. The maximum Gasteiger partial charge on any atom is 0.125 e. The molecule has 0 radical (unpaired) electrons. The van der Waals surface area contributed by atoms with Crippen LogP contribution in [0.15, 0.2) is 18.2 Å². The molecule has 0 saturated carbocycles. The van der Waals surface area contributed by atoms with Crippen LogP contribution in [0.4, 0.5) is 4.39 Å². The first-order chi connectivity index (χ1) is 9.19. The van der Waals surface area contributed by atoms with E-state index in [4.69, 9.17) is 10.5 Å². The number of imidazole rings is 1. The fraction of sp³-hybridized carbons (Fsp3) is 0.500. The third-order valence-electron chi connectivity index (χ3n) is 3.24. The fourth-order valence-corrected chi connectivity index (χ4v) is 2.25. The number of halogens is 1. The topological polar surface area (TPSA) is 53.1 Å². The maximum atomic E-state index is 13.3. The van der Waals surface area contributed by atoms with Crippen molar-refractivity contribution >= 4 is 11.0 Å². The molecule has 0 aliphatic heterocycles. The second-order valence-electron chi connectivity index (χ2n) is 4.61. The first kappa shape index (κ1) is 14.0. The summed E-state index contributed by atoms with van der Waals surface area (Å²) in [6.07, 6.45) is 1.58. The summed E-state index contributed by atoms with van der Waals surface area (Å²) in [4.78, 5) is 4.52. The van der Waals surface area contributed by atoms with E-state index in [0.29, 0.717) is 18.5 Å². The Balaban J connectivity index is 2.43. The van der Waals surface area contributed by atoms with Crippen LogP contribution in [-0.2, 0) is 17.7 Å². The molecule has 1 atom stereocenters. The summed E-state index contributed by atoms with van der Waals surface area (Å²) < 4.78 is 20.7. The fourth-order valence-electron chi connectivity index (χ4n) is 2.25. The van der Waals surface area contributed by atoms with Crippen molar-refractivity contribution in [2.24, 2.45) is 5.73 Å². The molecule has 2 aromatic rings. The molecule has 0 bridgehead atoms. The van der Waals surface area contributed by atoms with Gasteiger partial charge in [-0.15, -0.1) is 0 Å². The molecule has 1 aromatic carbocycles. The van der Waals surface area contributed by atoms with E-state index < -0.39 is 0 Å². The Morgan fingerprint density at radius 3 is 2.89 bits per heavy atom. The molecule has 1 unspecified atom stereocenters. The van der Waals surface area contributed by atoms with Crippen LogP contribution in [0.1, 0.15) is 19.2 Å². The van der Waals surface area contributed by atoms with Crippen molar-refractivity contribution in [1.29, 1.82) is 0 Å². The summed E-state index contributed by atoms with van der Waals surface area (Å²) in [6.45, 7) is 3.41. The van der Waals surface area contributed by atoms with Gasteiger partial charge in [0.25, 0.3) is 0 Å². The first-order valence-corrected chi connectivity index (χ1v) is 6.57. The van der Waals surface area contributed by atoms with Gasteiger partial charge in [-0.05, 0) is 18.6 Å². The van der Waals surface area contributed by atoms with Crippen LogP contribution in [0.3, 0.4) is 0 Å². The smallest absolute Gasteiger partial charge is 0.125 e. The predicted octanol–water partition coefficient (Wildman–Crippen LogP) is 2.10. The lowest BCUT2D eigenvalue weighted by Gasteiger charge is -2.14. The monoisotopic (exact) mass is 265 g/mol. The quantitative estimate of drug-likeness (QED) is 0.870. The minimum absolute atomic E-state index is 0.0581. The normalized spacial score (nSPS) is 13.1. The molecule has 2 rings (SSSR count). The molecule has 4 nitrogen and oxygen atoms in total. The number of rotatable bonds is 6. The number of ether oxygens (including phenoxy) is 1. The summed E-state index contributed by atoms with van der Waals surface area (Å²) in [5.41, 5.74) is 7.30. The average molecular weight is 265 g/mol. The molecule has 0 amide bonds. The third kappa shape index (κ3) is 2.93. The molecular weight excluding hydrogens is 245 g/mol. The van der Waals surface area contributed by atoms with Crippen molar-refractivity contribution in [3.8, 4) is 0 Å². The molecule has 0 spiro atoms. The number of nitrogens with two attached hydrogens (primary N) is 1. The van der Waals surface area contributed by atoms with Crippen molar-refractivity contribution in [3.63, 3.8) is 0 Å². The summed E-state index contributed by atoms with van der Waals surface area (Å²) in [7, 11) is 1.64. The van der Waals surface area contributed by atoms with E-state index in [1.165, 1.54) is 12.1 Å². The van der Waals surface area contributed by atoms with Crippen LogP contribution in [0.2, 0.25) is 0 Å². The summed E-state index contributed by atoms with van der Waals surface area (Å²) >= 11 is 0. The van der Waals surface area contributed by atoms with Gasteiger partial charge in [0.15, 0.2) is 0 Å². The zero-order valence-electron chi connectivity index (χ0n) is 11.4. The first-order valence-electron chi connectivity index (χ1n) is 6.57. The van der Waals surface area contributed by atoms with Gasteiger partial charge in [-0.3, -0.25) is 0 Å². The van der Waals surface area contributed by atoms with Crippen LogP contribution < -0.4 is 5.73 Å². The lowest BCUT2D eigenvalue weighted by Crippen LogP contribution is -2.26. The second kappa shape index (κ2) is 6.12. The molecule has 0 fully saturated rings. The highest BCUT2D eigenvalue weighted by atomic mass is 19.1. The SMILES string of the molecule is CCCn1c(CC(CN)OC)nc2cc(F)ccc21. The molecule has 0 aliphatic carbocycles. The number of fused-ring (bicyclic) bond motifs is 1. The van der Waals surface area contributed by atoms with Gasteiger partial charge in [-0.25, -0.2) is 9.37 Å². The highest BCUT2D eigenvalue weighted by Crippen LogP contribution is 2.19. The maximum absolute atomic E-state index is 13.3. The zero-order chi connectivity index (χ0) is 13.8. The average Bonchev–Trinajstić information content (AvgIpc) is 2.73. The number of nitrogens with zero attached hydrogens (tertiary/aromatic N) is 2.